The van der Waals surface area contributed by atoms with Crippen LogP contribution >= 0.6 is 39.5 Å². The maximum atomic E-state index is 12.7. The number of ether oxygens (including phenoxy) is 1. The van der Waals surface area contributed by atoms with Gasteiger partial charge in [0.15, 0.2) is 5.11 Å². The van der Waals surface area contributed by atoms with Gasteiger partial charge in [-0.25, -0.2) is 0 Å². The van der Waals surface area contributed by atoms with Crippen molar-refractivity contribution in [3.05, 3.63) is 43.7 Å². The molecule has 2 amide bonds. The van der Waals surface area contributed by atoms with Gasteiger partial charge in [0.05, 0.1) is 18.2 Å². The second-order valence-electron chi connectivity index (χ2n) is 6.14. The van der Waals surface area contributed by atoms with E-state index >= 15 is 0 Å². The third-order valence-electron chi connectivity index (χ3n) is 4.31. The van der Waals surface area contributed by atoms with Crippen molar-refractivity contribution in [3.8, 4) is 5.75 Å². The monoisotopic (exact) mass is 467 g/mol. The van der Waals surface area contributed by atoms with Gasteiger partial charge in [-0.1, -0.05) is 15.9 Å². The molecular formula is C18H18BrN3O3S2. The molecule has 9 heteroatoms. The van der Waals surface area contributed by atoms with E-state index in [0.717, 1.165) is 39.7 Å². The predicted octanol–water partition coefficient (Wildman–Crippen LogP) is 3.54. The summed E-state index contributed by atoms with van der Waals surface area (Å²) < 4.78 is 6.10. The highest BCUT2D eigenvalue weighted by molar-refractivity contribution is 9.10. The Kier molecular flexibility index (Phi) is 5.83. The second-order valence-corrected chi connectivity index (χ2v) is 8.57. The van der Waals surface area contributed by atoms with Gasteiger partial charge >= 0.3 is 0 Å². The minimum absolute atomic E-state index is 0.0992. The first-order valence-electron chi connectivity index (χ1n) is 8.22. The highest BCUT2D eigenvalue weighted by Crippen LogP contribution is 2.38. The van der Waals surface area contributed by atoms with Gasteiger partial charge < -0.3 is 15.8 Å². The van der Waals surface area contributed by atoms with E-state index in [-0.39, 0.29) is 5.11 Å². The van der Waals surface area contributed by atoms with Gasteiger partial charge in [0.2, 0.25) is 0 Å². The fourth-order valence-electron chi connectivity index (χ4n) is 3.23. The summed E-state index contributed by atoms with van der Waals surface area (Å²) in [4.78, 5) is 25.7. The summed E-state index contributed by atoms with van der Waals surface area (Å²) in [5, 5.41) is 6.27. The van der Waals surface area contributed by atoms with Crippen molar-refractivity contribution in [2.24, 2.45) is 5.73 Å². The molecule has 1 aromatic heterocycles. The molecule has 0 aliphatic heterocycles. The molecule has 1 heterocycles. The Labute approximate surface area is 174 Å². The van der Waals surface area contributed by atoms with E-state index in [1.54, 1.807) is 6.07 Å². The van der Waals surface area contributed by atoms with Gasteiger partial charge in [-0.3, -0.25) is 14.9 Å². The van der Waals surface area contributed by atoms with Gasteiger partial charge in [-0.15, -0.1) is 11.3 Å². The number of amides is 2. The SMILES string of the molecule is COc1c(C)cc(Br)cc1C(=O)NC(=S)Nc1sc2c(c1C(N)=O)CCC2. The number of thiocarbonyl (C=S) groups is 1. The van der Waals surface area contributed by atoms with Crippen LogP contribution in [-0.4, -0.2) is 24.0 Å². The number of fused-ring (bicyclic) bond motifs is 1. The van der Waals surface area contributed by atoms with Crippen LogP contribution in [0.1, 0.15) is 43.1 Å². The largest absolute Gasteiger partial charge is 0.496 e. The Bertz CT molecular complexity index is 956. The summed E-state index contributed by atoms with van der Waals surface area (Å²) in [6.45, 7) is 1.85. The fourth-order valence-corrected chi connectivity index (χ4v) is 5.36. The van der Waals surface area contributed by atoms with Crippen molar-refractivity contribution in [1.82, 2.24) is 5.32 Å². The Morgan fingerprint density at radius 1 is 1.33 bits per heavy atom. The summed E-state index contributed by atoms with van der Waals surface area (Å²) in [5.74, 6) is -0.416. The molecule has 4 N–H and O–H groups in total. The van der Waals surface area contributed by atoms with Crippen molar-refractivity contribution in [1.29, 1.82) is 0 Å². The number of hydrogen-bond acceptors (Lipinski definition) is 5. The van der Waals surface area contributed by atoms with Crippen molar-refractivity contribution in [2.75, 3.05) is 12.4 Å². The molecule has 6 nitrogen and oxygen atoms in total. The van der Waals surface area contributed by atoms with Crippen molar-refractivity contribution >= 4 is 61.4 Å². The summed E-state index contributed by atoms with van der Waals surface area (Å²) >= 11 is 10.1. The number of halogens is 1. The number of nitrogens with two attached hydrogens (primary N) is 1. The molecule has 0 saturated heterocycles. The van der Waals surface area contributed by atoms with E-state index in [2.05, 4.69) is 26.6 Å². The molecule has 1 aliphatic rings. The van der Waals surface area contributed by atoms with E-state index in [0.29, 0.717) is 21.9 Å². The Balaban J connectivity index is 1.80. The zero-order chi connectivity index (χ0) is 19.7. The lowest BCUT2D eigenvalue weighted by Gasteiger charge is -2.14. The molecule has 0 unspecified atom stereocenters. The molecule has 1 aromatic carbocycles. The van der Waals surface area contributed by atoms with E-state index < -0.39 is 11.8 Å². The Morgan fingerprint density at radius 3 is 2.74 bits per heavy atom. The first-order valence-corrected chi connectivity index (χ1v) is 10.2. The van der Waals surface area contributed by atoms with Crippen molar-refractivity contribution < 1.29 is 14.3 Å². The van der Waals surface area contributed by atoms with Crippen LogP contribution in [0.15, 0.2) is 16.6 Å². The predicted molar refractivity (Wildman–Crippen MR) is 114 cm³/mol. The molecule has 142 valence electrons. The number of nitrogens with one attached hydrogen (secondary N) is 2. The van der Waals surface area contributed by atoms with E-state index in [1.165, 1.54) is 18.4 Å². The summed E-state index contributed by atoms with van der Waals surface area (Å²) in [5.41, 5.74) is 8.19. The number of hydrogen-bond donors (Lipinski definition) is 3. The highest BCUT2D eigenvalue weighted by atomic mass is 79.9. The van der Waals surface area contributed by atoms with Crippen LogP contribution in [0.5, 0.6) is 5.75 Å². The average Bonchev–Trinajstić information content (AvgIpc) is 3.13. The minimum Gasteiger partial charge on any atom is -0.496 e. The molecule has 1 aliphatic carbocycles. The van der Waals surface area contributed by atoms with Crippen LogP contribution in [0.4, 0.5) is 5.00 Å². The van der Waals surface area contributed by atoms with Crippen LogP contribution in [0.2, 0.25) is 0 Å². The van der Waals surface area contributed by atoms with Crippen LogP contribution in [0, 0.1) is 6.92 Å². The molecule has 0 bridgehead atoms. The van der Waals surface area contributed by atoms with Crippen LogP contribution in [-0.2, 0) is 12.8 Å². The molecule has 0 spiro atoms. The molecular weight excluding hydrogens is 450 g/mol. The lowest BCUT2D eigenvalue weighted by atomic mass is 10.1. The van der Waals surface area contributed by atoms with Crippen molar-refractivity contribution in [3.63, 3.8) is 0 Å². The lowest BCUT2D eigenvalue weighted by molar-refractivity contribution is 0.0972. The average molecular weight is 468 g/mol. The van der Waals surface area contributed by atoms with E-state index in [9.17, 15) is 9.59 Å². The Hall–Kier alpha value is -1.97. The number of carbonyl (C=O) groups is 2. The zero-order valence-electron chi connectivity index (χ0n) is 14.8. The van der Waals surface area contributed by atoms with Gasteiger partial charge in [-0.2, -0.15) is 0 Å². The molecule has 0 fully saturated rings. The van der Waals surface area contributed by atoms with Gasteiger partial charge in [-0.05, 0) is 61.7 Å². The van der Waals surface area contributed by atoms with E-state index in [4.69, 9.17) is 22.7 Å². The molecule has 3 rings (SSSR count). The molecule has 0 radical (unpaired) electrons. The topological polar surface area (TPSA) is 93.4 Å². The number of primary amides is 1. The zero-order valence-corrected chi connectivity index (χ0v) is 18.0. The molecule has 27 heavy (non-hydrogen) atoms. The Morgan fingerprint density at radius 2 is 2.07 bits per heavy atom. The number of aryl methyl sites for hydroxylation is 2. The lowest BCUT2D eigenvalue weighted by Crippen LogP contribution is -2.34. The summed E-state index contributed by atoms with van der Waals surface area (Å²) in [6, 6.07) is 3.52. The summed E-state index contributed by atoms with van der Waals surface area (Å²) in [7, 11) is 1.51. The quantitative estimate of drug-likeness (QED) is 0.597. The maximum Gasteiger partial charge on any atom is 0.261 e. The number of benzene rings is 1. The maximum absolute atomic E-state index is 12.7. The number of carbonyl (C=O) groups excluding carboxylic acids is 2. The first-order chi connectivity index (χ1) is 12.8. The second kappa shape index (κ2) is 7.95. The number of methoxy groups -OCH3 is 1. The molecule has 2 aromatic rings. The van der Waals surface area contributed by atoms with E-state index in [1.807, 2.05) is 13.0 Å². The summed E-state index contributed by atoms with van der Waals surface area (Å²) in [6.07, 6.45) is 2.78. The van der Waals surface area contributed by atoms with Crippen LogP contribution < -0.4 is 21.1 Å². The van der Waals surface area contributed by atoms with Gasteiger partial charge in [0.1, 0.15) is 10.8 Å². The first kappa shape index (κ1) is 19.8. The smallest absolute Gasteiger partial charge is 0.261 e. The number of rotatable bonds is 4. The normalized spacial score (nSPS) is 12.4. The van der Waals surface area contributed by atoms with Crippen LogP contribution in [0.3, 0.4) is 0 Å². The molecule has 0 atom stereocenters. The third kappa shape index (κ3) is 3.99. The fraction of sp³-hybridized carbons (Fsp3) is 0.278. The standard InChI is InChI=1S/C18H18BrN3O3S2/c1-8-6-9(19)7-11(14(8)25-2)16(24)21-18(26)22-17-13(15(20)23)10-4-3-5-12(10)27-17/h6-7H,3-5H2,1-2H3,(H2,20,23)(H2,21,22,24,26). The highest BCUT2D eigenvalue weighted by Gasteiger charge is 2.26. The minimum atomic E-state index is -0.490. The van der Waals surface area contributed by atoms with Gasteiger partial charge in [0, 0.05) is 9.35 Å². The number of thiophene rings is 1. The third-order valence-corrected chi connectivity index (χ3v) is 6.18. The number of anilines is 1. The molecule has 0 saturated carbocycles. The van der Waals surface area contributed by atoms with Crippen LogP contribution in [0.25, 0.3) is 0 Å². The van der Waals surface area contributed by atoms with Crippen molar-refractivity contribution in [2.45, 2.75) is 26.2 Å². The van der Waals surface area contributed by atoms with Gasteiger partial charge in [0.25, 0.3) is 11.8 Å².